The number of carbonyl (C=O) groups is 1. The van der Waals surface area contributed by atoms with Gasteiger partial charge in [-0.05, 0) is 46.0 Å². The molecule has 2 heteroatoms. The lowest BCUT2D eigenvalue weighted by Gasteiger charge is -2.09. The molecular weight excluding hydrogens is 188 g/mol. The van der Waals surface area contributed by atoms with Gasteiger partial charge < -0.3 is 9.90 Å². The van der Waals surface area contributed by atoms with E-state index in [0.29, 0.717) is 6.42 Å². The van der Waals surface area contributed by atoms with Gasteiger partial charge in [0, 0.05) is 5.97 Å². The highest BCUT2D eigenvalue weighted by Crippen LogP contribution is 2.10. The zero-order chi connectivity index (χ0) is 11.8. The second-order valence-electron chi connectivity index (χ2n) is 4.33. The maximum Gasteiger partial charge on any atom is 0.0445 e. The first-order valence-electron chi connectivity index (χ1n) is 5.43. The highest BCUT2D eigenvalue weighted by molar-refractivity contribution is 5.67. The monoisotopic (exact) mass is 209 g/mol. The molecule has 1 atom stereocenters. The molecule has 0 N–H and O–H groups in total. The minimum atomic E-state index is -0.969. The lowest BCUT2D eigenvalue weighted by molar-refractivity contribution is -0.310. The summed E-state index contributed by atoms with van der Waals surface area (Å²) in [6, 6.07) is 0. The molecule has 0 spiro atoms. The number of allylic oxidation sites excluding steroid dienone is 4. The van der Waals surface area contributed by atoms with E-state index in [1.807, 2.05) is 13.0 Å². The Hall–Kier alpha value is -1.05. The number of carboxylic acids is 1. The largest absolute Gasteiger partial charge is 0.550 e. The van der Waals surface area contributed by atoms with Crippen LogP contribution in [-0.4, -0.2) is 5.97 Å². The Morgan fingerprint density at radius 2 is 1.87 bits per heavy atom. The van der Waals surface area contributed by atoms with Gasteiger partial charge in [-0.15, -0.1) is 0 Å². The van der Waals surface area contributed by atoms with Gasteiger partial charge in [-0.3, -0.25) is 0 Å². The molecule has 0 fully saturated rings. The summed E-state index contributed by atoms with van der Waals surface area (Å²) >= 11 is 0. The topological polar surface area (TPSA) is 40.1 Å². The van der Waals surface area contributed by atoms with Crippen molar-refractivity contribution in [2.45, 2.75) is 47.0 Å². The molecule has 0 radical (unpaired) electrons. The van der Waals surface area contributed by atoms with Crippen LogP contribution in [0, 0.1) is 5.92 Å². The van der Waals surface area contributed by atoms with Gasteiger partial charge in [-0.2, -0.15) is 0 Å². The number of carboxylic acid groups (broad SMARTS) is 1. The third-order valence-corrected chi connectivity index (χ3v) is 2.31. The molecule has 0 heterocycles. The summed E-state index contributed by atoms with van der Waals surface area (Å²) in [5.41, 5.74) is 2.58. The van der Waals surface area contributed by atoms with Gasteiger partial charge in [-0.25, -0.2) is 0 Å². The van der Waals surface area contributed by atoms with Crippen molar-refractivity contribution in [2.24, 2.45) is 5.92 Å². The third kappa shape index (κ3) is 7.98. The molecule has 0 bridgehead atoms. The average Bonchev–Trinajstić information content (AvgIpc) is 2.13. The summed E-state index contributed by atoms with van der Waals surface area (Å²) in [7, 11) is 0. The zero-order valence-corrected chi connectivity index (χ0v) is 10.2. The van der Waals surface area contributed by atoms with Crippen LogP contribution in [-0.2, 0) is 4.79 Å². The van der Waals surface area contributed by atoms with Crippen molar-refractivity contribution >= 4 is 5.97 Å². The molecule has 0 amide bonds. The minimum Gasteiger partial charge on any atom is -0.550 e. The van der Waals surface area contributed by atoms with E-state index in [9.17, 15) is 9.90 Å². The van der Waals surface area contributed by atoms with Crippen LogP contribution in [0.3, 0.4) is 0 Å². The van der Waals surface area contributed by atoms with Gasteiger partial charge in [0.05, 0.1) is 0 Å². The molecule has 0 aromatic carbocycles. The summed E-state index contributed by atoms with van der Waals surface area (Å²) in [6.45, 7) is 7.88. The van der Waals surface area contributed by atoms with E-state index in [2.05, 4.69) is 19.9 Å². The van der Waals surface area contributed by atoms with Crippen molar-refractivity contribution in [1.29, 1.82) is 0 Å². The van der Waals surface area contributed by atoms with E-state index in [0.717, 1.165) is 12.8 Å². The van der Waals surface area contributed by atoms with Gasteiger partial charge in [0.15, 0.2) is 0 Å². The Labute approximate surface area is 92.7 Å². The predicted molar refractivity (Wildman–Crippen MR) is 61.2 cm³/mol. The summed E-state index contributed by atoms with van der Waals surface area (Å²) < 4.78 is 0. The zero-order valence-electron chi connectivity index (χ0n) is 10.2. The Bertz CT molecular complexity index is 258. The molecule has 0 aromatic heterocycles. The van der Waals surface area contributed by atoms with Gasteiger partial charge in [-0.1, -0.05) is 30.2 Å². The van der Waals surface area contributed by atoms with Crippen LogP contribution in [0.1, 0.15) is 47.0 Å². The fourth-order valence-corrected chi connectivity index (χ4v) is 1.16. The Kier molecular flexibility index (Phi) is 6.76. The molecular formula is C13H21O2-. The molecule has 0 aromatic rings. The van der Waals surface area contributed by atoms with E-state index >= 15 is 0 Å². The maximum absolute atomic E-state index is 10.5. The minimum absolute atomic E-state index is 0.386. The van der Waals surface area contributed by atoms with Crippen LogP contribution in [0.2, 0.25) is 0 Å². The van der Waals surface area contributed by atoms with E-state index in [-0.39, 0.29) is 5.92 Å². The molecule has 0 aliphatic carbocycles. The predicted octanol–water partition coefficient (Wildman–Crippen LogP) is 2.46. The van der Waals surface area contributed by atoms with Gasteiger partial charge in [0.25, 0.3) is 0 Å². The number of hydrogen-bond donors (Lipinski definition) is 0. The summed E-state index contributed by atoms with van der Waals surface area (Å²) in [5, 5.41) is 10.5. The van der Waals surface area contributed by atoms with Crippen molar-refractivity contribution < 1.29 is 9.90 Å². The molecule has 2 nitrogen and oxygen atoms in total. The van der Waals surface area contributed by atoms with Crippen molar-refractivity contribution in [2.75, 3.05) is 0 Å². The Balaban J connectivity index is 3.89. The molecule has 0 rings (SSSR count). The number of aliphatic carboxylic acids is 1. The van der Waals surface area contributed by atoms with Crippen molar-refractivity contribution in [3.63, 3.8) is 0 Å². The van der Waals surface area contributed by atoms with Crippen molar-refractivity contribution in [3.8, 4) is 0 Å². The second kappa shape index (κ2) is 7.27. The highest BCUT2D eigenvalue weighted by Gasteiger charge is 1.99. The van der Waals surface area contributed by atoms with E-state index in [1.54, 1.807) is 6.92 Å². The SMILES string of the molecule is CC(C)=CCC/C(C)=C/CC(C)C(=O)[O-]. The molecule has 86 valence electrons. The maximum atomic E-state index is 10.5. The first kappa shape index (κ1) is 13.9. The Morgan fingerprint density at radius 3 is 2.33 bits per heavy atom. The van der Waals surface area contributed by atoms with Crippen molar-refractivity contribution in [3.05, 3.63) is 23.3 Å². The number of carbonyl (C=O) groups excluding carboxylic acids is 1. The lowest BCUT2D eigenvalue weighted by atomic mass is 10.0. The summed E-state index contributed by atoms with van der Waals surface area (Å²) in [4.78, 5) is 10.5. The average molecular weight is 209 g/mol. The van der Waals surface area contributed by atoms with Crippen LogP contribution in [0.25, 0.3) is 0 Å². The molecule has 0 saturated carbocycles. The summed E-state index contributed by atoms with van der Waals surface area (Å²) in [6.07, 6.45) is 6.80. The van der Waals surface area contributed by atoms with Crippen LogP contribution in [0.5, 0.6) is 0 Å². The molecule has 15 heavy (non-hydrogen) atoms. The molecule has 0 aliphatic heterocycles. The summed E-state index contributed by atoms with van der Waals surface area (Å²) in [5.74, 6) is -1.35. The second-order valence-corrected chi connectivity index (χ2v) is 4.33. The van der Waals surface area contributed by atoms with Crippen molar-refractivity contribution in [1.82, 2.24) is 0 Å². The standard InChI is InChI=1S/C13H22O2/c1-10(2)6-5-7-11(3)8-9-12(4)13(14)15/h6,8,12H,5,7,9H2,1-4H3,(H,14,15)/p-1/b11-8+. The molecule has 1 unspecified atom stereocenters. The molecule has 0 saturated heterocycles. The lowest BCUT2D eigenvalue weighted by Crippen LogP contribution is -2.29. The van der Waals surface area contributed by atoms with Crippen LogP contribution in [0.4, 0.5) is 0 Å². The molecule has 0 aliphatic rings. The first-order valence-corrected chi connectivity index (χ1v) is 5.43. The normalized spacial score (nSPS) is 13.5. The first-order chi connectivity index (χ1) is 6.93. The van der Waals surface area contributed by atoms with E-state index in [1.165, 1.54) is 11.1 Å². The van der Waals surface area contributed by atoms with Gasteiger partial charge >= 0.3 is 0 Å². The smallest absolute Gasteiger partial charge is 0.0445 e. The highest BCUT2D eigenvalue weighted by atomic mass is 16.4. The van der Waals surface area contributed by atoms with E-state index in [4.69, 9.17) is 0 Å². The van der Waals surface area contributed by atoms with Gasteiger partial charge in [0.1, 0.15) is 0 Å². The van der Waals surface area contributed by atoms with Crippen LogP contribution >= 0.6 is 0 Å². The van der Waals surface area contributed by atoms with Crippen LogP contribution in [0.15, 0.2) is 23.3 Å². The third-order valence-electron chi connectivity index (χ3n) is 2.31. The van der Waals surface area contributed by atoms with Gasteiger partial charge in [0.2, 0.25) is 0 Å². The van der Waals surface area contributed by atoms with E-state index < -0.39 is 5.97 Å². The quantitative estimate of drug-likeness (QED) is 0.630. The fraction of sp³-hybridized carbons (Fsp3) is 0.615. The fourth-order valence-electron chi connectivity index (χ4n) is 1.16. The number of hydrogen-bond acceptors (Lipinski definition) is 2. The Morgan fingerprint density at radius 1 is 1.27 bits per heavy atom. The van der Waals surface area contributed by atoms with Crippen LogP contribution < -0.4 is 5.11 Å². The number of rotatable bonds is 6.